The molecule has 5 aromatic rings. The number of nitrogens with one attached hydrogen (secondary N) is 2. The normalized spacial score (nSPS) is 11.0. The molecule has 0 spiro atoms. The smallest absolute Gasteiger partial charge is 0.355 e. The van der Waals surface area contributed by atoms with Gasteiger partial charge in [-0.1, -0.05) is 0 Å². The summed E-state index contributed by atoms with van der Waals surface area (Å²) in [5.41, 5.74) is 1.70. The fourth-order valence-electron chi connectivity index (χ4n) is 4.41. The molecule has 5 rings (SSSR count). The fourth-order valence-corrected chi connectivity index (χ4v) is 4.41. The first-order chi connectivity index (χ1) is 18.8. The van der Waals surface area contributed by atoms with Crippen LogP contribution < -0.4 is 19.6 Å². The number of imidazole rings is 1. The largest absolute Gasteiger partial charge is 0.501 e. The number of rotatable bonds is 7. The highest BCUT2D eigenvalue weighted by Crippen LogP contribution is 2.42. The van der Waals surface area contributed by atoms with Gasteiger partial charge in [0.05, 0.1) is 39.5 Å². The maximum absolute atomic E-state index is 12.9. The van der Waals surface area contributed by atoms with Crippen LogP contribution in [0.25, 0.3) is 45.0 Å². The third kappa shape index (κ3) is 4.33. The first kappa shape index (κ1) is 25.5. The van der Waals surface area contributed by atoms with E-state index in [1.54, 1.807) is 50.4 Å². The van der Waals surface area contributed by atoms with Crippen molar-refractivity contribution in [1.82, 2.24) is 15.0 Å². The maximum Gasteiger partial charge on any atom is 0.355 e. The minimum absolute atomic E-state index is 0.0942. The Morgan fingerprint density at radius 2 is 1.64 bits per heavy atom. The molecule has 0 aliphatic carbocycles. The molecule has 2 aromatic carbocycles. The maximum atomic E-state index is 12.9. The zero-order chi connectivity index (χ0) is 27.8. The molecule has 39 heavy (non-hydrogen) atoms. The Morgan fingerprint density at radius 1 is 0.949 bits per heavy atom. The highest BCUT2D eigenvalue weighted by molar-refractivity contribution is 6.08. The molecule has 0 radical (unpaired) electrons. The molecular weight excluding hydrogens is 506 g/mol. The number of aryl methyl sites for hydroxylation is 1. The second kappa shape index (κ2) is 9.93. The van der Waals surface area contributed by atoms with Crippen LogP contribution in [0.4, 0.5) is 0 Å². The summed E-state index contributed by atoms with van der Waals surface area (Å²) >= 11 is 0. The van der Waals surface area contributed by atoms with Crippen molar-refractivity contribution in [3.63, 3.8) is 0 Å². The number of ether oxygens (including phenoxy) is 4. The number of methoxy groups -OCH3 is 4. The van der Waals surface area contributed by atoms with E-state index in [0.29, 0.717) is 50.7 Å². The number of aromatic hydroxyl groups is 1. The van der Waals surface area contributed by atoms with Gasteiger partial charge in [-0.05, 0) is 37.3 Å². The van der Waals surface area contributed by atoms with Gasteiger partial charge in [-0.15, -0.1) is 0 Å². The van der Waals surface area contributed by atoms with Gasteiger partial charge in [0.15, 0.2) is 17.3 Å². The average Bonchev–Trinajstić information content (AvgIpc) is 3.55. The Bertz CT molecular complexity index is 1760. The topological polar surface area (TPSA) is 149 Å². The van der Waals surface area contributed by atoms with Crippen molar-refractivity contribution in [3.05, 3.63) is 64.1 Å². The summed E-state index contributed by atoms with van der Waals surface area (Å²) in [6.07, 6.45) is 0. The lowest BCUT2D eigenvalue weighted by Crippen LogP contribution is -2.03. The van der Waals surface area contributed by atoms with Gasteiger partial charge in [0.2, 0.25) is 11.2 Å². The minimum atomic E-state index is -0.631. The van der Waals surface area contributed by atoms with Crippen molar-refractivity contribution in [2.24, 2.45) is 0 Å². The monoisotopic (exact) mass is 531 g/mol. The van der Waals surface area contributed by atoms with E-state index >= 15 is 0 Å². The molecule has 0 saturated carbocycles. The van der Waals surface area contributed by atoms with Crippen molar-refractivity contribution in [1.29, 1.82) is 0 Å². The number of H-pyrrole nitrogens is 2. The Balaban J connectivity index is 1.84. The van der Waals surface area contributed by atoms with Gasteiger partial charge in [0.1, 0.15) is 34.4 Å². The highest BCUT2D eigenvalue weighted by Gasteiger charge is 2.28. The molecular formula is C28H25N3O8. The number of aromatic nitrogens is 3. The van der Waals surface area contributed by atoms with Gasteiger partial charge in [-0.25, -0.2) is 9.78 Å². The molecule has 3 N–H and O–H groups in total. The van der Waals surface area contributed by atoms with E-state index in [9.17, 15) is 14.7 Å². The summed E-state index contributed by atoms with van der Waals surface area (Å²) in [6.45, 7) is 1.60. The molecule has 3 aromatic heterocycles. The summed E-state index contributed by atoms with van der Waals surface area (Å²) in [5, 5.41) is 11.3. The van der Waals surface area contributed by atoms with Crippen LogP contribution in [0.5, 0.6) is 23.0 Å². The summed E-state index contributed by atoms with van der Waals surface area (Å²) in [7, 11) is 5.85. The molecule has 11 heteroatoms. The van der Waals surface area contributed by atoms with Gasteiger partial charge in [0, 0.05) is 23.1 Å². The van der Waals surface area contributed by atoms with Crippen molar-refractivity contribution in [2.75, 3.05) is 28.4 Å². The third-order valence-electron chi connectivity index (χ3n) is 6.27. The van der Waals surface area contributed by atoms with Gasteiger partial charge in [0.25, 0.3) is 0 Å². The standard InChI is InChI=1S/C28H25N3O8/c1-13-10-18(32)25(33)26(39-13)24-22(14-6-8-15(35-2)9-7-14)30-27(31-24)21-16-11-19(36-3)20(37-4)12-17(16)29-23(21)28(34)38-5/h6-12,29,33H,1-5H3,(H,30,31). The molecule has 0 unspecified atom stereocenters. The van der Waals surface area contributed by atoms with Crippen LogP contribution in [0.15, 0.2) is 51.7 Å². The first-order valence-corrected chi connectivity index (χ1v) is 11.7. The Hall–Kier alpha value is -5.19. The van der Waals surface area contributed by atoms with E-state index in [4.69, 9.17) is 28.3 Å². The van der Waals surface area contributed by atoms with Crippen molar-refractivity contribution < 1.29 is 33.3 Å². The van der Waals surface area contributed by atoms with E-state index in [2.05, 4.69) is 9.97 Å². The zero-order valence-electron chi connectivity index (χ0n) is 21.8. The molecule has 3 heterocycles. The lowest BCUT2D eigenvalue weighted by molar-refractivity contribution is 0.0596. The predicted octanol–water partition coefficient (Wildman–Crippen LogP) is 4.67. The lowest BCUT2D eigenvalue weighted by atomic mass is 10.1. The van der Waals surface area contributed by atoms with Gasteiger partial charge >= 0.3 is 5.97 Å². The van der Waals surface area contributed by atoms with E-state index < -0.39 is 17.1 Å². The number of hydrogen-bond donors (Lipinski definition) is 3. The van der Waals surface area contributed by atoms with Crippen LogP contribution in [0.2, 0.25) is 0 Å². The Labute approximate surface area is 221 Å². The second-order valence-electron chi connectivity index (χ2n) is 8.56. The second-order valence-corrected chi connectivity index (χ2v) is 8.56. The van der Waals surface area contributed by atoms with E-state index in [0.717, 1.165) is 0 Å². The number of aromatic amines is 2. The van der Waals surface area contributed by atoms with Crippen molar-refractivity contribution >= 4 is 16.9 Å². The van der Waals surface area contributed by atoms with Crippen LogP contribution in [-0.4, -0.2) is 54.5 Å². The number of hydrogen-bond acceptors (Lipinski definition) is 9. The van der Waals surface area contributed by atoms with Crippen LogP contribution in [0.3, 0.4) is 0 Å². The first-order valence-electron chi connectivity index (χ1n) is 11.7. The molecule has 0 aliphatic heterocycles. The van der Waals surface area contributed by atoms with Crippen LogP contribution in [0, 0.1) is 6.92 Å². The summed E-state index contributed by atoms with van der Waals surface area (Å²) in [4.78, 5) is 36.4. The number of carbonyl (C=O) groups is 1. The number of benzene rings is 2. The molecule has 0 amide bonds. The minimum Gasteiger partial charge on any atom is -0.501 e. The third-order valence-corrected chi connectivity index (χ3v) is 6.27. The number of nitrogens with zero attached hydrogens (tertiary/aromatic N) is 1. The number of fused-ring (bicyclic) bond motifs is 1. The summed E-state index contributed by atoms with van der Waals surface area (Å²) < 4.78 is 27.0. The quantitative estimate of drug-likeness (QED) is 0.255. The zero-order valence-corrected chi connectivity index (χ0v) is 21.8. The molecule has 0 aliphatic rings. The molecule has 0 fully saturated rings. The van der Waals surface area contributed by atoms with Gasteiger partial charge in [-0.2, -0.15) is 0 Å². The van der Waals surface area contributed by atoms with E-state index in [1.807, 2.05) is 0 Å². The molecule has 200 valence electrons. The Kier molecular flexibility index (Phi) is 6.48. The van der Waals surface area contributed by atoms with Crippen LogP contribution in [0.1, 0.15) is 16.2 Å². The molecule has 0 bridgehead atoms. The molecule has 0 atom stereocenters. The van der Waals surface area contributed by atoms with Crippen molar-refractivity contribution in [2.45, 2.75) is 6.92 Å². The number of carbonyl (C=O) groups excluding carboxylic acids is 1. The van der Waals surface area contributed by atoms with Crippen LogP contribution in [-0.2, 0) is 4.74 Å². The Morgan fingerprint density at radius 3 is 2.28 bits per heavy atom. The summed E-state index contributed by atoms with van der Waals surface area (Å²) in [5.74, 6) is 0.764. The average molecular weight is 532 g/mol. The van der Waals surface area contributed by atoms with E-state index in [1.165, 1.54) is 27.4 Å². The summed E-state index contributed by atoms with van der Waals surface area (Å²) in [6, 6.07) is 11.7. The SMILES string of the molecule is COC(=O)c1[nH]c2cc(OC)c(OC)cc2c1-c1nc(-c2ccc(OC)cc2)c(-c2oc(C)cc(=O)c2O)[nH]1. The van der Waals surface area contributed by atoms with Crippen molar-refractivity contribution in [3.8, 4) is 57.1 Å². The van der Waals surface area contributed by atoms with E-state index in [-0.39, 0.29) is 23.0 Å². The van der Waals surface area contributed by atoms with Gasteiger partial charge in [-0.3, -0.25) is 4.79 Å². The molecule has 0 saturated heterocycles. The van der Waals surface area contributed by atoms with Gasteiger partial charge < -0.3 is 38.4 Å². The fraction of sp³-hybridized carbons (Fsp3) is 0.179. The predicted molar refractivity (Wildman–Crippen MR) is 143 cm³/mol. The number of esters is 1. The highest BCUT2D eigenvalue weighted by atomic mass is 16.5. The van der Waals surface area contributed by atoms with Crippen LogP contribution >= 0.6 is 0 Å². The lowest BCUT2D eigenvalue weighted by Gasteiger charge is -2.07. The molecule has 11 nitrogen and oxygen atoms in total.